The van der Waals surface area contributed by atoms with Crippen LogP contribution in [0.5, 0.6) is 0 Å². The SMILES string of the molecule is CC1CCCN(CC(C)NC(=O)C2CC(=O)N(c3ccccc3Br)C2)C1. The zero-order chi connectivity index (χ0) is 18.7. The quantitative estimate of drug-likeness (QED) is 0.794. The maximum atomic E-state index is 12.6. The van der Waals surface area contributed by atoms with Crippen LogP contribution in [0.2, 0.25) is 0 Å². The number of nitrogens with one attached hydrogen (secondary N) is 1. The summed E-state index contributed by atoms with van der Waals surface area (Å²) in [6, 6.07) is 7.74. The van der Waals surface area contributed by atoms with Crippen molar-refractivity contribution in [1.82, 2.24) is 10.2 Å². The number of carbonyl (C=O) groups excluding carboxylic acids is 2. The number of benzene rings is 1. The molecule has 6 heteroatoms. The molecule has 2 heterocycles. The van der Waals surface area contributed by atoms with Crippen molar-refractivity contribution in [2.24, 2.45) is 11.8 Å². The predicted octanol–water partition coefficient (Wildman–Crippen LogP) is 3.04. The van der Waals surface area contributed by atoms with E-state index in [1.165, 1.54) is 12.8 Å². The van der Waals surface area contributed by atoms with Crippen molar-refractivity contribution >= 4 is 33.4 Å². The van der Waals surface area contributed by atoms with E-state index in [9.17, 15) is 9.59 Å². The molecule has 0 spiro atoms. The number of likely N-dealkylation sites (tertiary alicyclic amines) is 1. The second-order valence-corrected chi connectivity index (χ2v) is 8.63. The third-order valence-corrected chi connectivity index (χ3v) is 5.97. The van der Waals surface area contributed by atoms with E-state index in [-0.39, 0.29) is 30.2 Å². The summed E-state index contributed by atoms with van der Waals surface area (Å²) >= 11 is 3.49. The smallest absolute Gasteiger partial charge is 0.227 e. The van der Waals surface area contributed by atoms with Gasteiger partial charge in [-0.1, -0.05) is 19.1 Å². The summed E-state index contributed by atoms with van der Waals surface area (Å²) in [5.41, 5.74) is 0.836. The van der Waals surface area contributed by atoms with Crippen LogP contribution in [0, 0.1) is 11.8 Å². The van der Waals surface area contributed by atoms with Gasteiger partial charge in [0.1, 0.15) is 0 Å². The van der Waals surface area contributed by atoms with Crippen LogP contribution >= 0.6 is 15.9 Å². The summed E-state index contributed by atoms with van der Waals surface area (Å²) in [4.78, 5) is 29.2. The summed E-state index contributed by atoms with van der Waals surface area (Å²) in [5.74, 6) is 0.453. The number of rotatable bonds is 5. The van der Waals surface area contributed by atoms with Crippen LogP contribution in [0.1, 0.15) is 33.1 Å². The van der Waals surface area contributed by atoms with Crippen molar-refractivity contribution in [3.8, 4) is 0 Å². The number of hydrogen-bond donors (Lipinski definition) is 1. The van der Waals surface area contributed by atoms with Gasteiger partial charge in [-0.05, 0) is 60.3 Å². The highest BCUT2D eigenvalue weighted by Gasteiger charge is 2.36. The minimum absolute atomic E-state index is 0.00883. The molecular formula is C20H28BrN3O2. The van der Waals surface area contributed by atoms with Gasteiger partial charge in [0.25, 0.3) is 0 Å². The highest BCUT2D eigenvalue weighted by atomic mass is 79.9. The first kappa shape index (κ1) is 19.4. The van der Waals surface area contributed by atoms with Gasteiger partial charge in [0.05, 0.1) is 11.6 Å². The summed E-state index contributed by atoms with van der Waals surface area (Å²) in [7, 11) is 0. The Labute approximate surface area is 164 Å². The molecule has 142 valence electrons. The predicted molar refractivity (Wildman–Crippen MR) is 107 cm³/mol. The van der Waals surface area contributed by atoms with Gasteiger partial charge >= 0.3 is 0 Å². The van der Waals surface area contributed by atoms with Gasteiger partial charge in [0.2, 0.25) is 11.8 Å². The molecule has 0 aromatic heterocycles. The van der Waals surface area contributed by atoms with Crippen molar-refractivity contribution in [2.45, 2.75) is 39.2 Å². The van der Waals surface area contributed by atoms with Crippen molar-refractivity contribution in [3.63, 3.8) is 0 Å². The molecule has 2 saturated heterocycles. The molecule has 0 radical (unpaired) electrons. The number of piperidine rings is 1. The molecular weight excluding hydrogens is 394 g/mol. The maximum absolute atomic E-state index is 12.6. The number of nitrogens with zero attached hydrogens (tertiary/aromatic N) is 2. The number of anilines is 1. The van der Waals surface area contributed by atoms with E-state index in [1.807, 2.05) is 24.3 Å². The highest BCUT2D eigenvalue weighted by Crippen LogP contribution is 2.31. The van der Waals surface area contributed by atoms with Crippen LogP contribution < -0.4 is 10.2 Å². The van der Waals surface area contributed by atoms with E-state index in [1.54, 1.807) is 4.90 Å². The van der Waals surface area contributed by atoms with Crippen molar-refractivity contribution in [2.75, 3.05) is 31.1 Å². The van der Waals surface area contributed by atoms with Crippen LogP contribution in [0.25, 0.3) is 0 Å². The Balaban J connectivity index is 1.54. The van der Waals surface area contributed by atoms with Crippen molar-refractivity contribution in [3.05, 3.63) is 28.7 Å². The summed E-state index contributed by atoms with van der Waals surface area (Å²) in [5, 5.41) is 3.12. The van der Waals surface area contributed by atoms with E-state index in [0.29, 0.717) is 6.54 Å². The molecule has 3 rings (SSSR count). The first-order valence-corrected chi connectivity index (χ1v) is 10.3. The van der Waals surface area contributed by atoms with Gasteiger partial charge < -0.3 is 15.1 Å². The number of carbonyl (C=O) groups is 2. The maximum Gasteiger partial charge on any atom is 0.227 e. The first-order valence-electron chi connectivity index (χ1n) is 9.51. The third-order valence-electron chi connectivity index (χ3n) is 5.30. The average molecular weight is 422 g/mol. The molecule has 0 aliphatic carbocycles. The summed E-state index contributed by atoms with van der Waals surface area (Å²) in [6.07, 6.45) is 2.81. The van der Waals surface area contributed by atoms with Crippen LogP contribution in [0.3, 0.4) is 0 Å². The number of para-hydroxylation sites is 1. The van der Waals surface area contributed by atoms with Crippen molar-refractivity contribution < 1.29 is 9.59 Å². The molecule has 26 heavy (non-hydrogen) atoms. The Bertz CT molecular complexity index is 666. The normalized spacial score (nSPS) is 25.3. The fraction of sp³-hybridized carbons (Fsp3) is 0.600. The molecule has 1 N–H and O–H groups in total. The molecule has 1 aromatic carbocycles. The minimum atomic E-state index is -0.280. The number of hydrogen-bond acceptors (Lipinski definition) is 3. The van der Waals surface area contributed by atoms with E-state index in [2.05, 4.69) is 40.0 Å². The minimum Gasteiger partial charge on any atom is -0.352 e. The van der Waals surface area contributed by atoms with Crippen LogP contribution in [0.4, 0.5) is 5.69 Å². The van der Waals surface area contributed by atoms with Gasteiger partial charge in [-0.25, -0.2) is 0 Å². The Kier molecular flexibility index (Phi) is 6.35. The first-order chi connectivity index (χ1) is 12.4. The molecule has 2 aliphatic heterocycles. The third kappa shape index (κ3) is 4.65. The zero-order valence-electron chi connectivity index (χ0n) is 15.6. The van der Waals surface area contributed by atoms with E-state index in [4.69, 9.17) is 0 Å². The highest BCUT2D eigenvalue weighted by molar-refractivity contribution is 9.10. The number of amides is 2. The lowest BCUT2D eigenvalue weighted by molar-refractivity contribution is -0.127. The van der Waals surface area contributed by atoms with Gasteiger partial charge in [0.15, 0.2) is 0 Å². The fourth-order valence-electron chi connectivity index (χ4n) is 4.03. The molecule has 3 unspecified atom stereocenters. The second kappa shape index (κ2) is 8.53. The van der Waals surface area contributed by atoms with Crippen LogP contribution in [-0.4, -0.2) is 48.9 Å². The lowest BCUT2D eigenvalue weighted by Gasteiger charge is -2.33. The molecule has 2 amide bonds. The van der Waals surface area contributed by atoms with E-state index in [0.717, 1.165) is 35.7 Å². The summed E-state index contributed by atoms with van der Waals surface area (Å²) in [6.45, 7) is 7.89. The molecule has 3 atom stereocenters. The van der Waals surface area contributed by atoms with E-state index < -0.39 is 0 Å². The monoisotopic (exact) mass is 421 g/mol. The number of halogens is 1. The lowest BCUT2D eigenvalue weighted by atomic mass is 10.00. The Hall–Kier alpha value is -1.40. The molecule has 2 aliphatic rings. The lowest BCUT2D eigenvalue weighted by Crippen LogP contribution is -2.46. The Morgan fingerprint density at radius 2 is 2.12 bits per heavy atom. The van der Waals surface area contributed by atoms with Crippen molar-refractivity contribution in [1.29, 1.82) is 0 Å². The molecule has 2 fully saturated rings. The second-order valence-electron chi connectivity index (χ2n) is 7.77. The molecule has 5 nitrogen and oxygen atoms in total. The van der Waals surface area contributed by atoms with Gasteiger partial charge in [-0.3, -0.25) is 9.59 Å². The Morgan fingerprint density at radius 3 is 2.85 bits per heavy atom. The zero-order valence-corrected chi connectivity index (χ0v) is 17.2. The molecule has 0 bridgehead atoms. The molecule has 1 aromatic rings. The standard InChI is InChI=1S/C20H28BrN3O2/c1-14-6-5-9-23(11-14)12-15(2)22-20(26)16-10-19(25)24(13-16)18-8-4-3-7-17(18)21/h3-4,7-8,14-16H,5-6,9-13H2,1-2H3,(H,22,26). The largest absolute Gasteiger partial charge is 0.352 e. The van der Waals surface area contributed by atoms with Crippen LogP contribution in [0.15, 0.2) is 28.7 Å². The Morgan fingerprint density at radius 1 is 1.35 bits per heavy atom. The average Bonchev–Trinajstić information content (AvgIpc) is 2.97. The fourth-order valence-corrected chi connectivity index (χ4v) is 4.53. The van der Waals surface area contributed by atoms with Crippen LogP contribution in [-0.2, 0) is 9.59 Å². The summed E-state index contributed by atoms with van der Waals surface area (Å²) < 4.78 is 0.877. The van der Waals surface area contributed by atoms with Gasteiger partial charge in [-0.15, -0.1) is 0 Å². The van der Waals surface area contributed by atoms with Gasteiger partial charge in [0, 0.05) is 36.6 Å². The topological polar surface area (TPSA) is 52.7 Å². The van der Waals surface area contributed by atoms with E-state index >= 15 is 0 Å². The van der Waals surface area contributed by atoms with Gasteiger partial charge in [-0.2, -0.15) is 0 Å². The molecule has 0 saturated carbocycles.